The van der Waals surface area contributed by atoms with Crippen molar-refractivity contribution in [3.63, 3.8) is 0 Å². The van der Waals surface area contributed by atoms with E-state index < -0.39 is 15.9 Å². The molecule has 0 radical (unpaired) electrons. The number of rotatable bonds is 7. The molecule has 6 nitrogen and oxygen atoms in total. The molecule has 0 aromatic heterocycles. The summed E-state index contributed by atoms with van der Waals surface area (Å²) in [5.74, 6) is -0.427. The molecular weight excluding hydrogens is 376 g/mol. The van der Waals surface area contributed by atoms with Crippen LogP contribution in [-0.2, 0) is 20.2 Å². The molecule has 28 heavy (non-hydrogen) atoms. The van der Waals surface area contributed by atoms with E-state index in [0.717, 1.165) is 16.5 Å². The van der Waals surface area contributed by atoms with Crippen LogP contribution in [0.2, 0.25) is 0 Å². The lowest BCUT2D eigenvalue weighted by molar-refractivity contribution is -0.116. The Hall–Kier alpha value is -2.64. The van der Waals surface area contributed by atoms with Gasteiger partial charge in [0.15, 0.2) is 0 Å². The summed E-state index contributed by atoms with van der Waals surface area (Å²) >= 11 is 0. The van der Waals surface area contributed by atoms with E-state index in [2.05, 4.69) is 10.0 Å². The van der Waals surface area contributed by atoms with Crippen LogP contribution in [0, 0.1) is 0 Å². The van der Waals surface area contributed by atoms with Crippen molar-refractivity contribution in [3.8, 4) is 5.75 Å². The van der Waals surface area contributed by atoms with E-state index in [4.69, 9.17) is 0 Å². The molecule has 0 atom stereocenters. The number of phenols is 1. The van der Waals surface area contributed by atoms with Crippen molar-refractivity contribution < 1.29 is 18.3 Å². The van der Waals surface area contributed by atoms with Gasteiger partial charge in [-0.2, -0.15) is 0 Å². The topological polar surface area (TPSA) is 95.5 Å². The zero-order valence-electron chi connectivity index (χ0n) is 16.3. The Labute approximate surface area is 166 Å². The monoisotopic (exact) mass is 402 g/mol. The molecule has 0 heterocycles. The molecule has 0 bridgehead atoms. The van der Waals surface area contributed by atoms with E-state index >= 15 is 0 Å². The largest absolute Gasteiger partial charge is 0.506 e. The molecule has 0 saturated heterocycles. The van der Waals surface area contributed by atoms with Crippen LogP contribution in [0.3, 0.4) is 0 Å². The SMILES string of the molecule is CC(C)(C)c1ccc(O)c(NC(=O)CCNS(=O)(=O)/C=C/c2ccccc2)c1. The van der Waals surface area contributed by atoms with Gasteiger partial charge in [0.25, 0.3) is 0 Å². The van der Waals surface area contributed by atoms with Crippen molar-refractivity contribution in [3.05, 3.63) is 65.1 Å². The second-order valence-electron chi connectivity index (χ2n) is 7.43. The van der Waals surface area contributed by atoms with Crippen molar-refractivity contribution in [1.29, 1.82) is 0 Å². The standard InChI is InChI=1S/C21H26N2O4S/c1-21(2,3)17-9-10-19(24)18(15-17)23-20(25)11-13-22-28(26,27)14-12-16-7-5-4-6-8-16/h4-10,12,14-15,22,24H,11,13H2,1-3H3,(H,23,25)/b14-12+. The Kier molecular flexibility index (Phi) is 6.99. The van der Waals surface area contributed by atoms with Crippen LogP contribution >= 0.6 is 0 Å². The highest BCUT2D eigenvalue weighted by molar-refractivity contribution is 7.92. The van der Waals surface area contributed by atoms with Crippen LogP contribution in [0.1, 0.15) is 38.3 Å². The Bertz CT molecular complexity index is 946. The van der Waals surface area contributed by atoms with Crippen LogP contribution in [0.25, 0.3) is 6.08 Å². The molecule has 2 aromatic rings. The third-order valence-corrected chi connectivity index (χ3v) is 5.13. The van der Waals surface area contributed by atoms with E-state index in [1.807, 2.05) is 39.0 Å². The summed E-state index contributed by atoms with van der Waals surface area (Å²) in [5, 5.41) is 13.6. The lowest BCUT2D eigenvalue weighted by Crippen LogP contribution is -2.26. The fourth-order valence-electron chi connectivity index (χ4n) is 2.40. The maximum atomic E-state index is 12.1. The fraction of sp³-hybridized carbons (Fsp3) is 0.286. The van der Waals surface area contributed by atoms with Gasteiger partial charge in [0.2, 0.25) is 15.9 Å². The van der Waals surface area contributed by atoms with Crippen LogP contribution in [0.5, 0.6) is 5.75 Å². The van der Waals surface area contributed by atoms with Gasteiger partial charge in [0, 0.05) is 18.4 Å². The van der Waals surface area contributed by atoms with Crippen LogP contribution in [0.4, 0.5) is 5.69 Å². The van der Waals surface area contributed by atoms with Gasteiger partial charge in [0.05, 0.1) is 5.69 Å². The van der Waals surface area contributed by atoms with Crippen molar-refractivity contribution in [2.45, 2.75) is 32.6 Å². The Morgan fingerprint density at radius 2 is 1.79 bits per heavy atom. The van der Waals surface area contributed by atoms with E-state index in [9.17, 15) is 18.3 Å². The molecule has 0 aliphatic heterocycles. The Morgan fingerprint density at radius 3 is 2.43 bits per heavy atom. The van der Waals surface area contributed by atoms with Crippen LogP contribution in [-0.4, -0.2) is 26.0 Å². The van der Waals surface area contributed by atoms with Gasteiger partial charge in [-0.3, -0.25) is 4.79 Å². The lowest BCUT2D eigenvalue weighted by atomic mass is 9.87. The van der Waals surface area contributed by atoms with Gasteiger partial charge >= 0.3 is 0 Å². The first-order valence-electron chi connectivity index (χ1n) is 8.93. The molecule has 0 spiro atoms. The van der Waals surface area contributed by atoms with Gasteiger partial charge in [0.1, 0.15) is 5.75 Å². The first-order chi connectivity index (χ1) is 13.1. The van der Waals surface area contributed by atoms with E-state index in [0.29, 0.717) is 5.69 Å². The number of phenolic OH excluding ortho intramolecular Hbond substituents is 1. The number of anilines is 1. The molecule has 2 aromatic carbocycles. The van der Waals surface area contributed by atoms with Gasteiger partial charge in [-0.1, -0.05) is 57.2 Å². The number of amides is 1. The summed E-state index contributed by atoms with van der Waals surface area (Å²) in [6, 6.07) is 14.1. The molecule has 0 unspecified atom stereocenters. The highest BCUT2D eigenvalue weighted by Gasteiger charge is 2.16. The maximum Gasteiger partial charge on any atom is 0.233 e. The van der Waals surface area contributed by atoms with E-state index in [1.54, 1.807) is 24.3 Å². The summed E-state index contributed by atoms with van der Waals surface area (Å²) < 4.78 is 26.3. The summed E-state index contributed by atoms with van der Waals surface area (Å²) in [6.07, 6.45) is 1.43. The third kappa shape index (κ3) is 6.83. The van der Waals surface area contributed by atoms with Crippen molar-refractivity contribution >= 4 is 27.7 Å². The summed E-state index contributed by atoms with van der Waals surface area (Å²) in [6.45, 7) is 6.04. The lowest BCUT2D eigenvalue weighted by Gasteiger charge is -2.20. The normalized spacial score (nSPS) is 12.2. The number of nitrogens with one attached hydrogen (secondary N) is 2. The van der Waals surface area contributed by atoms with Gasteiger partial charge < -0.3 is 10.4 Å². The summed E-state index contributed by atoms with van der Waals surface area (Å²) in [5.41, 5.74) is 1.91. The quantitative estimate of drug-likeness (QED) is 0.617. The minimum atomic E-state index is -3.64. The molecule has 150 valence electrons. The van der Waals surface area contributed by atoms with Crippen molar-refractivity contribution in [2.75, 3.05) is 11.9 Å². The highest BCUT2D eigenvalue weighted by Crippen LogP contribution is 2.30. The van der Waals surface area contributed by atoms with Crippen molar-refractivity contribution in [1.82, 2.24) is 4.72 Å². The molecule has 0 fully saturated rings. The average molecular weight is 403 g/mol. The predicted octanol–water partition coefficient (Wildman–Crippen LogP) is 3.61. The number of hydrogen-bond donors (Lipinski definition) is 3. The molecule has 7 heteroatoms. The zero-order valence-corrected chi connectivity index (χ0v) is 17.1. The molecule has 2 rings (SSSR count). The van der Waals surface area contributed by atoms with Gasteiger partial charge in [-0.05, 0) is 34.8 Å². The number of benzene rings is 2. The van der Waals surface area contributed by atoms with E-state index in [1.165, 1.54) is 12.1 Å². The van der Waals surface area contributed by atoms with Gasteiger partial charge in [-0.15, -0.1) is 0 Å². The summed E-state index contributed by atoms with van der Waals surface area (Å²) in [4.78, 5) is 12.1. The number of carbonyl (C=O) groups excluding carboxylic acids is 1. The average Bonchev–Trinajstić information content (AvgIpc) is 2.62. The first-order valence-corrected chi connectivity index (χ1v) is 10.5. The molecule has 3 N–H and O–H groups in total. The molecule has 0 aliphatic rings. The molecule has 0 saturated carbocycles. The van der Waals surface area contributed by atoms with Gasteiger partial charge in [-0.25, -0.2) is 13.1 Å². The second kappa shape index (κ2) is 9.03. The first kappa shape index (κ1) is 21.7. The number of aromatic hydroxyl groups is 1. The number of carbonyl (C=O) groups is 1. The minimum Gasteiger partial charge on any atom is -0.506 e. The summed E-state index contributed by atoms with van der Waals surface area (Å²) in [7, 11) is -3.64. The van der Waals surface area contributed by atoms with Crippen LogP contribution in [0.15, 0.2) is 53.9 Å². The fourth-order valence-corrected chi connectivity index (χ4v) is 3.22. The third-order valence-electron chi connectivity index (χ3n) is 4.03. The smallest absolute Gasteiger partial charge is 0.233 e. The number of sulfonamides is 1. The molecule has 0 aliphatic carbocycles. The highest BCUT2D eigenvalue weighted by atomic mass is 32.2. The van der Waals surface area contributed by atoms with Crippen LogP contribution < -0.4 is 10.0 Å². The maximum absolute atomic E-state index is 12.1. The van der Waals surface area contributed by atoms with Crippen molar-refractivity contribution in [2.24, 2.45) is 0 Å². The zero-order chi connectivity index (χ0) is 20.8. The predicted molar refractivity (Wildman–Crippen MR) is 112 cm³/mol. The van der Waals surface area contributed by atoms with E-state index in [-0.39, 0.29) is 24.1 Å². The second-order valence-corrected chi connectivity index (χ2v) is 9.08. The number of hydrogen-bond acceptors (Lipinski definition) is 4. The Morgan fingerprint density at radius 1 is 1.11 bits per heavy atom. The molecular formula is C21H26N2O4S. The Balaban J connectivity index is 1.90. The molecule has 1 amide bonds. The minimum absolute atomic E-state index is 0.0345.